The zero-order chi connectivity index (χ0) is 13.0. The van der Waals surface area contributed by atoms with Gasteiger partial charge in [-0.05, 0) is 6.07 Å². The highest BCUT2D eigenvalue weighted by atomic mass is 32.2. The standard InChI is InChI=1S/C13H15N3OS/c1-3-11-15-10-7-5-4-6-9(10)13(16-11)18-8-12(17)14-2/h4-7H,3,8H2,1-2H3,(H,14,17). The third-order valence-electron chi connectivity index (χ3n) is 2.55. The van der Waals surface area contributed by atoms with Gasteiger partial charge in [-0.15, -0.1) is 0 Å². The molecule has 0 aliphatic heterocycles. The summed E-state index contributed by atoms with van der Waals surface area (Å²) in [6, 6.07) is 7.88. The van der Waals surface area contributed by atoms with E-state index in [1.54, 1.807) is 7.05 Å². The van der Waals surface area contributed by atoms with Crippen LogP contribution in [0.1, 0.15) is 12.7 Å². The summed E-state index contributed by atoms with van der Waals surface area (Å²) < 4.78 is 0. The highest BCUT2D eigenvalue weighted by Crippen LogP contribution is 2.25. The maximum absolute atomic E-state index is 11.3. The predicted octanol–water partition coefficient (Wildman–Crippen LogP) is 2.03. The lowest BCUT2D eigenvalue weighted by atomic mass is 10.2. The highest BCUT2D eigenvalue weighted by Gasteiger charge is 2.08. The number of rotatable bonds is 4. The number of benzene rings is 1. The molecule has 1 heterocycles. The van der Waals surface area contributed by atoms with Crippen LogP contribution in [0, 0.1) is 0 Å². The second kappa shape index (κ2) is 5.82. The van der Waals surface area contributed by atoms with Crippen molar-refractivity contribution in [3.8, 4) is 0 Å². The smallest absolute Gasteiger partial charge is 0.230 e. The van der Waals surface area contributed by atoms with Crippen LogP contribution >= 0.6 is 11.8 Å². The Labute approximate surface area is 110 Å². The summed E-state index contributed by atoms with van der Waals surface area (Å²) in [6.07, 6.45) is 0.790. The molecule has 0 aliphatic rings. The Kier molecular flexibility index (Phi) is 4.15. The summed E-state index contributed by atoms with van der Waals surface area (Å²) in [7, 11) is 1.64. The molecule has 0 fully saturated rings. The molecule has 1 aromatic carbocycles. The number of carbonyl (C=O) groups is 1. The van der Waals surface area contributed by atoms with Gasteiger partial charge in [-0.25, -0.2) is 9.97 Å². The molecule has 0 aliphatic carbocycles. The molecule has 0 radical (unpaired) electrons. The average Bonchev–Trinajstić information content (AvgIpc) is 2.43. The molecule has 0 bridgehead atoms. The molecule has 0 spiro atoms. The Morgan fingerprint density at radius 3 is 2.83 bits per heavy atom. The van der Waals surface area contributed by atoms with Crippen molar-refractivity contribution in [1.29, 1.82) is 0 Å². The van der Waals surface area contributed by atoms with Crippen molar-refractivity contribution in [2.24, 2.45) is 0 Å². The average molecular weight is 261 g/mol. The zero-order valence-electron chi connectivity index (χ0n) is 10.4. The first-order valence-corrected chi connectivity index (χ1v) is 6.82. The van der Waals surface area contributed by atoms with Crippen LogP contribution in [0.15, 0.2) is 29.3 Å². The maximum Gasteiger partial charge on any atom is 0.230 e. The van der Waals surface area contributed by atoms with Gasteiger partial charge in [0.2, 0.25) is 5.91 Å². The topological polar surface area (TPSA) is 54.9 Å². The molecule has 1 N–H and O–H groups in total. The molecule has 18 heavy (non-hydrogen) atoms. The summed E-state index contributed by atoms with van der Waals surface area (Å²) in [5, 5.41) is 4.49. The minimum absolute atomic E-state index is 0.000687. The molecule has 4 nitrogen and oxygen atoms in total. The van der Waals surface area contributed by atoms with Crippen molar-refractivity contribution in [3.05, 3.63) is 30.1 Å². The van der Waals surface area contributed by atoms with Crippen molar-refractivity contribution >= 4 is 28.6 Å². The Hall–Kier alpha value is -1.62. The summed E-state index contributed by atoms with van der Waals surface area (Å²) >= 11 is 1.45. The SMILES string of the molecule is CCc1nc(SCC(=O)NC)c2ccccc2n1. The normalized spacial score (nSPS) is 10.6. The van der Waals surface area contributed by atoms with E-state index in [9.17, 15) is 4.79 Å². The number of thioether (sulfide) groups is 1. The van der Waals surface area contributed by atoms with Crippen molar-refractivity contribution in [2.75, 3.05) is 12.8 Å². The minimum Gasteiger partial charge on any atom is -0.358 e. The van der Waals surface area contributed by atoms with Crippen molar-refractivity contribution in [1.82, 2.24) is 15.3 Å². The van der Waals surface area contributed by atoms with Crippen LogP contribution in [0.3, 0.4) is 0 Å². The lowest BCUT2D eigenvalue weighted by molar-refractivity contribution is -0.118. The van der Waals surface area contributed by atoms with E-state index in [2.05, 4.69) is 15.3 Å². The van der Waals surface area contributed by atoms with Gasteiger partial charge in [-0.3, -0.25) is 4.79 Å². The highest BCUT2D eigenvalue weighted by molar-refractivity contribution is 8.00. The van der Waals surface area contributed by atoms with Gasteiger partial charge in [0, 0.05) is 18.9 Å². The molecule has 0 saturated heterocycles. The first-order chi connectivity index (χ1) is 8.74. The molecular weight excluding hydrogens is 246 g/mol. The third-order valence-corrected chi connectivity index (χ3v) is 3.54. The van der Waals surface area contributed by atoms with Crippen molar-refractivity contribution in [3.63, 3.8) is 0 Å². The quantitative estimate of drug-likeness (QED) is 0.676. The van der Waals surface area contributed by atoms with E-state index in [-0.39, 0.29) is 5.91 Å². The lowest BCUT2D eigenvalue weighted by Crippen LogP contribution is -2.19. The van der Waals surface area contributed by atoms with Gasteiger partial charge in [-0.2, -0.15) is 0 Å². The fraction of sp³-hybridized carbons (Fsp3) is 0.308. The first kappa shape index (κ1) is 12.8. The van der Waals surface area contributed by atoms with Crippen LogP contribution in [-0.2, 0) is 11.2 Å². The number of aromatic nitrogens is 2. The number of fused-ring (bicyclic) bond motifs is 1. The summed E-state index contributed by atoms with van der Waals surface area (Å²) in [6.45, 7) is 2.03. The molecule has 0 saturated carbocycles. The van der Waals surface area contributed by atoms with Crippen LogP contribution in [0.5, 0.6) is 0 Å². The Balaban J connectivity index is 2.37. The van der Waals surface area contributed by atoms with E-state index in [1.807, 2.05) is 31.2 Å². The van der Waals surface area contributed by atoms with Gasteiger partial charge >= 0.3 is 0 Å². The van der Waals surface area contributed by atoms with Crippen molar-refractivity contribution in [2.45, 2.75) is 18.4 Å². The molecular formula is C13H15N3OS. The summed E-state index contributed by atoms with van der Waals surface area (Å²) in [4.78, 5) is 20.3. The Morgan fingerprint density at radius 2 is 2.11 bits per heavy atom. The number of para-hydroxylation sites is 1. The van der Waals surface area contributed by atoms with Gasteiger partial charge in [0.15, 0.2) is 0 Å². The fourth-order valence-electron chi connectivity index (χ4n) is 1.57. The molecule has 5 heteroatoms. The number of hydrogen-bond donors (Lipinski definition) is 1. The number of nitrogens with zero attached hydrogens (tertiary/aromatic N) is 2. The minimum atomic E-state index is 0.000687. The van der Waals surface area contributed by atoms with Crippen LogP contribution in [0.4, 0.5) is 0 Å². The molecule has 0 unspecified atom stereocenters. The van der Waals surface area contributed by atoms with Gasteiger partial charge < -0.3 is 5.32 Å². The van der Waals surface area contributed by atoms with Gasteiger partial charge in [0.05, 0.1) is 11.3 Å². The largest absolute Gasteiger partial charge is 0.358 e. The molecule has 1 amide bonds. The maximum atomic E-state index is 11.3. The van der Waals surface area contributed by atoms with E-state index in [0.29, 0.717) is 5.75 Å². The number of amides is 1. The van der Waals surface area contributed by atoms with Gasteiger partial charge in [0.1, 0.15) is 10.9 Å². The molecule has 0 atom stereocenters. The first-order valence-electron chi connectivity index (χ1n) is 5.83. The zero-order valence-corrected chi connectivity index (χ0v) is 11.3. The number of hydrogen-bond acceptors (Lipinski definition) is 4. The van der Waals surface area contributed by atoms with Gasteiger partial charge in [-0.1, -0.05) is 36.9 Å². The Morgan fingerprint density at radius 1 is 1.33 bits per heavy atom. The number of aryl methyl sites for hydroxylation is 1. The van der Waals surface area contributed by atoms with Crippen LogP contribution in [0.2, 0.25) is 0 Å². The molecule has 94 valence electrons. The third kappa shape index (κ3) is 2.79. The van der Waals surface area contributed by atoms with E-state index in [0.717, 1.165) is 28.2 Å². The van der Waals surface area contributed by atoms with Crippen LogP contribution in [-0.4, -0.2) is 28.7 Å². The monoisotopic (exact) mass is 261 g/mol. The molecule has 2 rings (SSSR count). The Bertz CT molecular complexity index is 571. The van der Waals surface area contributed by atoms with Gasteiger partial charge in [0.25, 0.3) is 0 Å². The number of carbonyl (C=O) groups excluding carboxylic acids is 1. The molecule has 2 aromatic rings. The summed E-state index contributed by atoms with van der Waals surface area (Å²) in [5.74, 6) is 1.19. The van der Waals surface area contributed by atoms with Crippen molar-refractivity contribution < 1.29 is 4.79 Å². The lowest BCUT2D eigenvalue weighted by Gasteiger charge is -2.06. The van der Waals surface area contributed by atoms with Crippen LogP contribution < -0.4 is 5.32 Å². The van der Waals surface area contributed by atoms with Crippen LogP contribution in [0.25, 0.3) is 10.9 Å². The van der Waals surface area contributed by atoms with E-state index in [1.165, 1.54) is 11.8 Å². The second-order valence-electron chi connectivity index (χ2n) is 3.78. The second-order valence-corrected chi connectivity index (χ2v) is 4.74. The van der Waals surface area contributed by atoms with E-state index < -0.39 is 0 Å². The van der Waals surface area contributed by atoms with E-state index in [4.69, 9.17) is 0 Å². The summed E-state index contributed by atoms with van der Waals surface area (Å²) in [5.41, 5.74) is 0.934. The molecule has 1 aromatic heterocycles. The predicted molar refractivity (Wildman–Crippen MR) is 73.7 cm³/mol. The van der Waals surface area contributed by atoms with E-state index >= 15 is 0 Å². The number of nitrogens with one attached hydrogen (secondary N) is 1. The fourth-order valence-corrected chi connectivity index (χ4v) is 2.48.